The van der Waals surface area contributed by atoms with E-state index in [2.05, 4.69) is 15.4 Å². The summed E-state index contributed by atoms with van der Waals surface area (Å²) >= 11 is 5.24. The zero-order chi connectivity index (χ0) is 24.6. The monoisotopic (exact) mass is 492 g/mol. The van der Waals surface area contributed by atoms with Crippen LogP contribution in [-0.2, 0) is 11.9 Å². The average Bonchev–Trinajstić information content (AvgIpc) is 3.47. The Labute approximate surface area is 204 Å². The number of para-hydroxylation sites is 1. The van der Waals surface area contributed by atoms with Crippen LogP contribution in [0.25, 0.3) is 22.6 Å². The number of benzene rings is 2. The van der Waals surface area contributed by atoms with E-state index < -0.39 is 17.0 Å². The highest BCUT2D eigenvalue weighted by Crippen LogP contribution is 2.32. The van der Waals surface area contributed by atoms with Gasteiger partial charge < -0.3 is 5.32 Å². The highest BCUT2D eigenvalue weighted by molar-refractivity contribution is 6.21. The van der Waals surface area contributed by atoms with Gasteiger partial charge in [-0.2, -0.15) is 19.0 Å². The quantitative estimate of drug-likeness (QED) is 0.334. The molecule has 2 aromatic carbocycles. The summed E-state index contributed by atoms with van der Waals surface area (Å²) in [6.45, 7) is 1.71. The molecule has 3 heterocycles. The van der Waals surface area contributed by atoms with Gasteiger partial charge in [0.2, 0.25) is 0 Å². The van der Waals surface area contributed by atoms with Gasteiger partial charge in [0.1, 0.15) is 5.69 Å². The molecular formula is C25H19ClF2N6O. The van der Waals surface area contributed by atoms with Crippen molar-refractivity contribution in [2.45, 2.75) is 18.9 Å². The highest BCUT2D eigenvalue weighted by atomic mass is 35.5. The number of aromatic nitrogens is 5. The standard InChI is InChI=1S/C25H19ClF2N6O/c1-16-12-21(25(26,27)28)34-22(30-16)13-20(31-34)24(35)29-14-18-15-33(19-10-6-3-7-11-19)32-23(18)17-8-4-2-5-9-17/h2-13,15H,14H2,1H3,(H,29,35). The van der Waals surface area contributed by atoms with E-state index in [-0.39, 0.29) is 17.9 Å². The minimum absolute atomic E-state index is 0.0537. The van der Waals surface area contributed by atoms with Crippen molar-refractivity contribution in [1.82, 2.24) is 29.7 Å². The molecule has 1 amide bonds. The number of nitrogens with zero attached hydrogens (tertiary/aromatic N) is 5. The van der Waals surface area contributed by atoms with Crippen molar-refractivity contribution < 1.29 is 13.6 Å². The van der Waals surface area contributed by atoms with Gasteiger partial charge in [-0.1, -0.05) is 48.5 Å². The average molecular weight is 493 g/mol. The molecule has 0 unspecified atom stereocenters. The Hall–Kier alpha value is -4.11. The number of halogens is 3. The number of aryl methyl sites for hydroxylation is 1. The van der Waals surface area contributed by atoms with Gasteiger partial charge in [-0.3, -0.25) is 4.79 Å². The molecule has 0 aliphatic carbocycles. The van der Waals surface area contributed by atoms with Crippen molar-refractivity contribution in [3.8, 4) is 16.9 Å². The van der Waals surface area contributed by atoms with Crippen molar-refractivity contribution in [3.63, 3.8) is 0 Å². The van der Waals surface area contributed by atoms with E-state index in [0.29, 0.717) is 11.4 Å². The molecule has 0 atom stereocenters. The molecule has 0 saturated heterocycles. The molecule has 0 spiro atoms. The van der Waals surface area contributed by atoms with Crippen LogP contribution in [0, 0.1) is 6.92 Å². The van der Waals surface area contributed by atoms with E-state index in [9.17, 15) is 13.6 Å². The fourth-order valence-corrected chi connectivity index (χ4v) is 3.90. The third-order valence-corrected chi connectivity index (χ3v) is 5.57. The predicted octanol–water partition coefficient (Wildman–Crippen LogP) is 5.11. The number of hydrogen-bond acceptors (Lipinski definition) is 4. The second kappa shape index (κ2) is 8.92. The molecule has 0 aliphatic rings. The first-order chi connectivity index (χ1) is 16.8. The van der Waals surface area contributed by atoms with Crippen molar-refractivity contribution in [3.05, 3.63) is 102 Å². The lowest BCUT2D eigenvalue weighted by atomic mass is 10.1. The fraction of sp³-hybridized carbons (Fsp3) is 0.120. The molecule has 0 aliphatic heterocycles. The van der Waals surface area contributed by atoms with Crippen LogP contribution >= 0.6 is 11.6 Å². The third kappa shape index (κ3) is 4.63. The summed E-state index contributed by atoms with van der Waals surface area (Å²) in [7, 11) is 0. The maximum absolute atomic E-state index is 13.9. The summed E-state index contributed by atoms with van der Waals surface area (Å²) in [6, 6.07) is 21.7. The summed E-state index contributed by atoms with van der Waals surface area (Å²) in [5, 5.41) is 7.89. The lowest BCUT2D eigenvalue weighted by molar-refractivity contribution is 0.0864. The van der Waals surface area contributed by atoms with Gasteiger partial charge in [-0.15, -0.1) is 0 Å². The predicted molar refractivity (Wildman–Crippen MR) is 128 cm³/mol. The zero-order valence-electron chi connectivity index (χ0n) is 18.5. The smallest absolute Gasteiger partial charge is 0.346 e. The van der Waals surface area contributed by atoms with E-state index in [4.69, 9.17) is 16.7 Å². The van der Waals surface area contributed by atoms with E-state index >= 15 is 0 Å². The Morgan fingerprint density at radius 3 is 2.40 bits per heavy atom. The Balaban J connectivity index is 1.45. The molecule has 0 radical (unpaired) electrons. The van der Waals surface area contributed by atoms with Gasteiger partial charge in [0.05, 0.1) is 11.4 Å². The van der Waals surface area contributed by atoms with Crippen LogP contribution in [0.2, 0.25) is 0 Å². The molecule has 5 aromatic rings. The van der Waals surface area contributed by atoms with Crippen LogP contribution < -0.4 is 5.32 Å². The minimum Gasteiger partial charge on any atom is -0.346 e. The number of carbonyl (C=O) groups excluding carboxylic acids is 1. The molecule has 0 fully saturated rings. The lowest BCUT2D eigenvalue weighted by Crippen LogP contribution is -2.23. The Bertz CT molecular complexity index is 1510. The van der Waals surface area contributed by atoms with Gasteiger partial charge in [-0.05, 0) is 36.7 Å². The molecule has 5 rings (SSSR count). The number of alkyl halides is 3. The van der Waals surface area contributed by atoms with Crippen LogP contribution in [0.1, 0.15) is 27.4 Å². The number of fused-ring (bicyclic) bond motifs is 1. The second-order valence-electron chi connectivity index (χ2n) is 7.91. The molecule has 0 bridgehead atoms. The van der Waals surface area contributed by atoms with Gasteiger partial charge >= 0.3 is 5.38 Å². The maximum Gasteiger partial charge on any atom is 0.364 e. The summed E-state index contributed by atoms with van der Waals surface area (Å²) in [4.78, 5) is 17.1. The molecule has 35 heavy (non-hydrogen) atoms. The minimum atomic E-state index is -3.66. The summed E-state index contributed by atoms with van der Waals surface area (Å²) in [5.41, 5.74) is 3.09. The Morgan fingerprint density at radius 2 is 1.71 bits per heavy atom. The van der Waals surface area contributed by atoms with Crippen molar-refractivity contribution in [2.75, 3.05) is 0 Å². The molecule has 10 heteroatoms. The molecule has 7 nitrogen and oxygen atoms in total. The summed E-state index contributed by atoms with van der Waals surface area (Å²) < 4.78 is 30.4. The third-order valence-electron chi connectivity index (χ3n) is 5.38. The molecule has 1 N–H and O–H groups in total. The SMILES string of the molecule is Cc1cc(C(F)(F)Cl)n2nc(C(=O)NCc3cn(-c4ccccc4)nc3-c3ccccc3)cc2n1. The zero-order valence-corrected chi connectivity index (χ0v) is 19.2. The van der Waals surface area contributed by atoms with E-state index in [1.54, 1.807) is 11.6 Å². The van der Waals surface area contributed by atoms with Crippen LogP contribution in [0.4, 0.5) is 8.78 Å². The van der Waals surface area contributed by atoms with E-state index in [1.165, 1.54) is 6.07 Å². The van der Waals surface area contributed by atoms with Crippen molar-refractivity contribution in [2.24, 2.45) is 0 Å². The maximum atomic E-state index is 13.9. The topological polar surface area (TPSA) is 77.1 Å². The number of carbonyl (C=O) groups is 1. The number of amides is 1. The van der Waals surface area contributed by atoms with Gasteiger partial charge in [0.15, 0.2) is 11.3 Å². The van der Waals surface area contributed by atoms with Gasteiger partial charge in [-0.25, -0.2) is 14.2 Å². The van der Waals surface area contributed by atoms with Crippen LogP contribution in [0.15, 0.2) is 79.0 Å². The first kappa shape index (κ1) is 22.7. The molecular weight excluding hydrogens is 474 g/mol. The Kier molecular flexibility index (Phi) is 5.78. The summed E-state index contributed by atoms with van der Waals surface area (Å²) in [6.07, 6.45) is 1.85. The van der Waals surface area contributed by atoms with Crippen molar-refractivity contribution >= 4 is 23.2 Å². The van der Waals surface area contributed by atoms with Crippen LogP contribution in [0.3, 0.4) is 0 Å². The molecule has 0 saturated carbocycles. The van der Waals surface area contributed by atoms with Crippen LogP contribution in [0.5, 0.6) is 0 Å². The second-order valence-corrected chi connectivity index (χ2v) is 8.39. The largest absolute Gasteiger partial charge is 0.364 e. The summed E-state index contributed by atoms with van der Waals surface area (Å²) in [5.74, 6) is -0.538. The van der Waals surface area contributed by atoms with Gasteiger partial charge in [0, 0.05) is 35.6 Å². The normalized spacial score (nSPS) is 11.7. The first-order valence-corrected chi connectivity index (χ1v) is 11.1. The van der Waals surface area contributed by atoms with Crippen molar-refractivity contribution in [1.29, 1.82) is 0 Å². The van der Waals surface area contributed by atoms with Gasteiger partial charge in [0.25, 0.3) is 5.91 Å². The molecule has 3 aromatic heterocycles. The van der Waals surface area contributed by atoms with E-state index in [0.717, 1.165) is 27.4 Å². The van der Waals surface area contributed by atoms with E-state index in [1.807, 2.05) is 66.9 Å². The molecule has 176 valence electrons. The highest BCUT2D eigenvalue weighted by Gasteiger charge is 2.32. The number of rotatable bonds is 6. The fourth-order valence-electron chi connectivity index (χ4n) is 3.77. The Morgan fingerprint density at radius 1 is 1.03 bits per heavy atom. The first-order valence-electron chi connectivity index (χ1n) is 10.7. The lowest BCUT2D eigenvalue weighted by Gasteiger charge is -2.10. The number of nitrogens with one attached hydrogen (secondary N) is 1. The van der Waals surface area contributed by atoms with Crippen LogP contribution in [-0.4, -0.2) is 30.3 Å². The number of hydrogen-bond donors (Lipinski definition) is 1.